The van der Waals surface area contributed by atoms with Crippen LogP contribution >= 0.6 is 11.3 Å². The fourth-order valence-corrected chi connectivity index (χ4v) is 3.04. The van der Waals surface area contributed by atoms with E-state index in [2.05, 4.69) is 25.8 Å². The maximum Gasteiger partial charge on any atom is 0.0946 e. The Morgan fingerprint density at radius 1 is 1.40 bits per heavy atom. The van der Waals surface area contributed by atoms with Crippen LogP contribution in [-0.4, -0.2) is 11.0 Å². The third-order valence-electron chi connectivity index (χ3n) is 3.15. The number of rotatable bonds is 2. The first-order chi connectivity index (χ1) is 6.97. The maximum atomic E-state index is 6.17. The molecule has 0 aliphatic heterocycles. The normalized spacial score (nSPS) is 17.9. The van der Waals surface area contributed by atoms with Gasteiger partial charge in [-0.2, -0.15) is 0 Å². The van der Waals surface area contributed by atoms with Crippen molar-refractivity contribution in [1.82, 2.24) is 4.98 Å². The van der Waals surface area contributed by atoms with E-state index in [1.54, 1.807) is 0 Å². The standard InChI is InChI=1S/C12H20N2S/c1-12(2,3)10(13)7-11-14-8-5-4-6-9(8)15-11/h10H,4-7,13H2,1-3H3. The van der Waals surface area contributed by atoms with E-state index in [4.69, 9.17) is 5.73 Å². The molecule has 1 aliphatic carbocycles. The summed E-state index contributed by atoms with van der Waals surface area (Å²) in [6, 6.07) is 0.212. The molecule has 0 spiro atoms. The lowest BCUT2D eigenvalue weighted by atomic mass is 9.86. The third kappa shape index (κ3) is 2.40. The summed E-state index contributed by atoms with van der Waals surface area (Å²) in [5, 5.41) is 1.24. The van der Waals surface area contributed by atoms with Gasteiger partial charge in [0.05, 0.1) is 10.7 Å². The molecule has 1 unspecified atom stereocenters. The average Bonchev–Trinajstić information content (AvgIpc) is 2.61. The topological polar surface area (TPSA) is 38.9 Å². The van der Waals surface area contributed by atoms with Crippen molar-refractivity contribution in [2.75, 3.05) is 0 Å². The predicted molar refractivity (Wildman–Crippen MR) is 65.3 cm³/mol. The first kappa shape index (κ1) is 11.1. The monoisotopic (exact) mass is 224 g/mol. The van der Waals surface area contributed by atoms with Crippen LogP contribution in [0.3, 0.4) is 0 Å². The molecule has 0 aromatic carbocycles. The average molecular weight is 224 g/mol. The van der Waals surface area contributed by atoms with Crippen LogP contribution < -0.4 is 5.73 Å². The molecule has 2 nitrogen and oxygen atoms in total. The molecule has 1 heterocycles. The van der Waals surface area contributed by atoms with Crippen molar-refractivity contribution < 1.29 is 0 Å². The molecule has 84 valence electrons. The highest BCUT2D eigenvalue weighted by molar-refractivity contribution is 7.11. The van der Waals surface area contributed by atoms with Crippen molar-refractivity contribution in [2.45, 2.75) is 52.5 Å². The van der Waals surface area contributed by atoms with E-state index >= 15 is 0 Å². The molecule has 0 saturated heterocycles. The lowest BCUT2D eigenvalue weighted by Gasteiger charge is -2.26. The Labute approximate surface area is 95.9 Å². The van der Waals surface area contributed by atoms with E-state index in [9.17, 15) is 0 Å². The molecule has 3 heteroatoms. The Morgan fingerprint density at radius 3 is 2.73 bits per heavy atom. The van der Waals surface area contributed by atoms with Crippen molar-refractivity contribution in [2.24, 2.45) is 11.1 Å². The highest BCUT2D eigenvalue weighted by Gasteiger charge is 2.24. The first-order valence-corrected chi connectivity index (χ1v) is 6.51. The summed E-state index contributed by atoms with van der Waals surface area (Å²) in [5.74, 6) is 0. The maximum absolute atomic E-state index is 6.17. The number of nitrogens with zero attached hydrogens (tertiary/aromatic N) is 1. The Kier molecular flexibility index (Phi) is 2.86. The van der Waals surface area contributed by atoms with Gasteiger partial charge in [-0.3, -0.25) is 0 Å². The zero-order valence-electron chi connectivity index (χ0n) is 9.84. The summed E-state index contributed by atoms with van der Waals surface area (Å²) in [5.41, 5.74) is 7.69. The summed E-state index contributed by atoms with van der Waals surface area (Å²) >= 11 is 1.88. The molecule has 0 radical (unpaired) electrons. The van der Waals surface area contributed by atoms with Crippen molar-refractivity contribution in [1.29, 1.82) is 0 Å². The Balaban J connectivity index is 2.05. The van der Waals surface area contributed by atoms with Crippen LogP contribution in [0, 0.1) is 5.41 Å². The molecule has 2 rings (SSSR count). The molecule has 0 fully saturated rings. The molecule has 1 aliphatic rings. The van der Waals surface area contributed by atoms with E-state index < -0.39 is 0 Å². The highest BCUT2D eigenvalue weighted by Crippen LogP contribution is 2.29. The summed E-state index contributed by atoms with van der Waals surface area (Å²) < 4.78 is 0. The minimum atomic E-state index is 0.177. The van der Waals surface area contributed by atoms with Gasteiger partial charge in [0.1, 0.15) is 0 Å². The van der Waals surface area contributed by atoms with E-state index in [1.165, 1.54) is 34.8 Å². The van der Waals surface area contributed by atoms with Gasteiger partial charge < -0.3 is 5.73 Å². The minimum Gasteiger partial charge on any atom is -0.327 e. The van der Waals surface area contributed by atoms with Crippen molar-refractivity contribution in [3.05, 3.63) is 15.6 Å². The smallest absolute Gasteiger partial charge is 0.0946 e. The van der Waals surface area contributed by atoms with Crippen LogP contribution in [0.5, 0.6) is 0 Å². The van der Waals surface area contributed by atoms with Gasteiger partial charge in [-0.1, -0.05) is 20.8 Å². The predicted octanol–water partition coefficient (Wildman–Crippen LogP) is 2.55. The van der Waals surface area contributed by atoms with Crippen LogP contribution in [0.15, 0.2) is 0 Å². The van der Waals surface area contributed by atoms with Crippen LogP contribution in [0.25, 0.3) is 0 Å². The quantitative estimate of drug-likeness (QED) is 0.838. The van der Waals surface area contributed by atoms with Crippen LogP contribution in [-0.2, 0) is 19.3 Å². The molecule has 0 bridgehead atoms. The van der Waals surface area contributed by atoms with Gasteiger partial charge in [0.15, 0.2) is 0 Å². The number of hydrogen-bond donors (Lipinski definition) is 1. The minimum absolute atomic E-state index is 0.177. The van der Waals surface area contributed by atoms with Crippen molar-refractivity contribution in [3.63, 3.8) is 0 Å². The number of aromatic nitrogens is 1. The Hall–Kier alpha value is -0.410. The number of hydrogen-bond acceptors (Lipinski definition) is 3. The van der Waals surface area contributed by atoms with Gasteiger partial charge in [0.25, 0.3) is 0 Å². The SMILES string of the molecule is CC(C)(C)C(N)Cc1nc2c(s1)CCC2. The van der Waals surface area contributed by atoms with Crippen molar-refractivity contribution >= 4 is 11.3 Å². The molecule has 0 amide bonds. The van der Waals surface area contributed by atoms with Gasteiger partial charge in [0, 0.05) is 17.3 Å². The zero-order chi connectivity index (χ0) is 11.1. The summed E-state index contributed by atoms with van der Waals surface area (Å²) in [6.45, 7) is 6.58. The molecule has 0 saturated carbocycles. The third-order valence-corrected chi connectivity index (χ3v) is 4.33. The molecule has 2 N–H and O–H groups in total. The van der Waals surface area contributed by atoms with Gasteiger partial charge in [-0.15, -0.1) is 11.3 Å². The molecule has 15 heavy (non-hydrogen) atoms. The first-order valence-electron chi connectivity index (χ1n) is 5.70. The summed E-state index contributed by atoms with van der Waals surface area (Å²) in [6.07, 6.45) is 4.63. The number of fused-ring (bicyclic) bond motifs is 1. The lowest BCUT2D eigenvalue weighted by molar-refractivity contribution is 0.318. The summed E-state index contributed by atoms with van der Waals surface area (Å²) in [4.78, 5) is 6.19. The molecule has 1 aromatic heterocycles. The highest BCUT2D eigenvalue weighted by atomic mass is 32.1. The zero-order valence-corrected chi connectivity index (χ0v) is 10.7. The van der Waals surface area contributed by atoms with Crippen LogP contribution in [0.4, 0.5) is 0 Å². The number of nitrogens with two attached hydrogens (primary N) is 1. The Bertz CT molecular complexity index is 327. The van der Waals surface area contributed by atoms with Crippen LogP contribution in [0.2, 0.25) is 0 Å². The van der Waals surface area contributed by atoms with Gasteiger partial charge in [0.2, 0.25) is 0 Å². The Morgan fingerprint density at radius 2 is 2.13 bits per heavy atom. The molecular weight excluding hydrogens is 204 g/mol. The van der Waals surface area contributed by atoms with E-state index in [1.807, 2.05) is 11.3 Å². The second-order valence-corrected chi connectivity index (χ2v) is 6.68. The fourth-order valence-electron chi connectivity index (χ4n) is 1.83. The molecule has 1 atom stereocenters. The van der Waals surface area contributed by atoms with Gasteiger partial charge in [-0.25, -0.2) is 4.98 Å². The largest absolute Gasteiger partial charge is 0.327 e. The molecule has 1 aromatic rings. The second-order valence-electron chi connectivity index (χ2n) is 5.51. The van der Waals surface area contributed by atoms with E-state index in [0.29, 0.717) is 0 Å². The summed E-state index contributed by atoms with van der Waals surface area (Å²) in [7, 11) is 0. The van der Waals surface area contributed by atoms with Crippen molar-refractivity contribution in [3.8, 4) is 0 Å². The second kappa shape index (κ2) is 3.87. The van der Waals surface area contributed by atoms with Gasteiger partial charge in [-0.05, 0) is 24.7 Å². The van der Waals surface area contributed by atoms with E-state index in [0.717, 1.165) is 6.42 Å². The van der Waals surface area contributed by atoms with Crippen LogP contribution in [0.1, 0.15) is 42.8 Å². The number of thiazole rings is 1. The fraction of sp³-hybridized carbons (Fsp3) is 0.750. The van der Waals surface area contributed by atoms with E-state index in [-0.39, 0.29) is 11.5 Å². The molecular formula is C12H20N2S. The van der Waals surface area contributed by atoms with Gasteiger partial charge >= 0.3 is 0 Å². The lowest BCUT2D eigenvalue weighted by Crippen LogP contribution is -2.36. The number of aryl methyl sites for hydroxylation is 2.